The summed E-state index contributed by atoms with van der Waals surface area (Å²) in [7, 11) is 1.73. The normalized spacial score (nSPS) is 15.7. The number of imidazole rings is 1. The van der Waals surface area contributed by atoms with Crippen LogP contribution in [0.15, 0.2) is 34.6 Å². The van der Waals surface area contributed by atoms with E-state index in [1.54, 1.807) is 16.5 Å². The lowest BCUT2D eigenvalue weighted by atomic mass is 9.92. The summed E-state index contributed by atoms with van der Waals surface area (Å²) in [6, 6.07) is 7.67. The van der Waals surface area contributed by atoms with Gasteiger partial charge in [-0.15, -0.1) is 0 Å². The van der Waals surface area contributed by atoms with Gasteiger partial charge in [-0.25, -0.2) is 4.79 Å². The Labute approximate surface area is 182 Å². The standard InChI is InChI=1S/C22H19Cl2N3O3/c1-26-18-3-2-11(7-17(18)25-22(26)30)13-8-16(23)21(24)14-6-12-4-5-27(19(29)10-28)9-15(12)20(13)14/h2-3,7-8,28H,4-6,9-10H2,1H3,(H,25,30). The average molecular weight is 444 g/mol. The summed E-state index contributed by atoms with van der Waals surface area (Å²) in [4.78, 5) is 28.6. The van der Waals surface area contributed by atoms with Crippen molar-refractivity contribution in [2.24, 2.45) is 7.05 Å². The molecule has 154 valence electrons. The molecule has 1 aromatic heterocycles. The number of fused-ring (bicyclic) bond motifs is 3. The Morgan fingerprint density at radius 1 is 1.27 bits per heavy atom. The predicted octanol–water partition coefficient (Wildman–Crippen LogP) is 3.37. The number of carbonyl (C=O) groups excluding carboxylic acids is 1. The molecule has 3 aromatic rings. The van der Waals surface area contributed by atoms with Crippen LogP contribution in [0.4, 0.5) is 0 Å². The number of nitrogens with one attached hydrogen (secondary N) is 1. The largest absolute Gasteiger partial charge is 0.387 e. The molecule has 0 saturated carbocycles. The van der Waals surface area contributed by atoms with E-state index >= 15 is 0 Å². The van der Waals surface area contributed by atoms with Gasteiger partial charge in [-0.3, -0.25) is 9.36 Å². The third-order valence-corrected chi connectivity index (χ3v) is 7.00. The molecule has 30 heavy (non-hydrogen) atoms. The van der Waals surface area contributed by atoms with Crippen LogP contribution in [0.25, 0.3) is 27.7 Å². The number of aromatic nitrogens is 2. The monoisotopic (exact) mass is 443 g/mol. The molecular weight excluding hydrogens is 425 g/mol. The van der Waals surface area contributed by atoms with Crippen LogP contribution < -0.4 is 5.69 Å². The summed E-state index contributed by atoms with van der Waals surface area (Å²) in [5, 5.41) is 10.3. The van der Waals surface area contributed by atoms with Crippen LogP contribution in [-0.2, 0) is 18.3 Å². The Balaban J connectivity index is 1.69. The van der Waals surface area contributed by atoms with Gasteiger partial charge in [-0.2, -0.15) is 0 Å². The number of carbonyl (C=O) groups is 1. The van der Waals surface area contributed by atoms with E-state index in [4.69, 9.17) is 23.2 Å². The molecule has 2 aromatic carbocycles. The quantitative estimate of drug-likeness (QED) is 0.636. The number of aliphatic hydroxyl groups excluding tert-OH is 1. The summed E-state index contributed by atoms with van der Waals surface area (Å²) in [5.74, 6) is -0.278. The fourth-order valence-corrected chi connectivity index (χ4v) is 5.04. The number of aromatic amines is 1. The maximum absolute atomic E-state index is 12.1. The molecule has 1 amide bonds. The maximum atomic E-state index is 12.1. The van der Waals surface area contributed by atoms with Gasteiger partial charge in [0.2, 0.25) is 5.91 Å². The Morgan fingerprint density at radius 3 is 2.83 bits per heavy atom. The number of nitrogens with zero attached hydrogens (tertiary/aromatic N) is 2. The van der Waals surface area contributed by atoms with E-state index < -0.39 is 6.61 Å². The first-order valence-corrected chi connectivity index (χ1v) is 10.4. The molecule has 1 aliphatic carbocycles. The summed E-state index contributed by atoms with van der Waals surface area (Å²) >= 11 is 13.1. The van der Waals surface area contributed by atoms with E-state index in [1.807, 2.05) is 24.3 Å². The molecule has 2 aliphatic rings. The molecule has 2 heterocycles. The highest BCUT2D eigenvalue weighted by Crippen LogP contribution is 2.48. The first kappa shape index (κ1) is 19.4. The summed E-state index contributed by atoms with van der Waals surface area (Å²) in [5.41, 5.74) is 7.55. The van der Waals surface area contributed by atoms with Gasteiger partial charge in [0.25, 0.3) is 0 Å². The lowest BCUT2D eigenvalue weighted by Gasteiger charge is -2.29. The number of hydrogen-bond acceptors (Lipinski definition) is 3. The Morgan fingerprint density at radius 2 is 2.07 bits per heavy atom. The van der Waals surface area contributed by atoms with Crippen LogP contribution in [0.1, 0.15) is 17.5 Å². The zero-order valence-electron chi connectivity index (χ0n) is 16.3. The third-order valence-electron chi connectivity index (χ3n) is 6.17. The van der Waals surface area contributed by atoms with E-state index in [1.165, 1.54) is 5.57 Å². The van der Waals surface area contributed by atoms with Crippen LogP contribution in [-0.4, -0.2) is 45.2 Å². The molecule has 0 radical (unpaired) electrons. The zero-order chi connectivity index (χ0) is 21.2. The first-order valence-electron chi connectivity index (χ1n) is 9.69. The molecular formula is C22H19Cl2N3O3. The number of aliphatic hydroxyl groups is 1. The number of aryl methyl sites for hydroxylation is 1. The molecule has 6 nitrogen and oxygen atoms in total. The highest BCUT2D eigenvalue weighted by molar-refractivity contribution is 6.43. The summed E-state index contributed by atoms with van der Waals surface area (Å²) in [6.07, 6.45) is 1.46. The minimum Gasteiger partial charge on any atom is -0.387 e. The second-order valence-electron chi connectivity index (χ2n) is 7.78. The molecule has 2 N–H and O–H groups in total. The zero-order valence-corrected chi connectivity index (χ0v) is 17.8. The van der Waals surface area contributed by atoms with E-state index in [0.29, 0.717) is 29.6 Å². The van der Waals surface area contributed by atoms with Gasteiger partial charge in [0.1, 0.15) is 6.61 Å². The maximum Gasteiger partial charge on any atom is 0.326 e. The van der Waals surface area contributed by atoms with E-state index in [9.17, 15) is 14.7 Å². The minimum atomic E-state index is -0.498. The molecule has 0 unspecified atom stereocenters. The Kier molecular flexibility index (Phi) is 4.54. The van der Waals surface area contributed by atoms with Crippen LogP contribution >= 0.6 is 23.2 Å². The summed E-state index contributed by atoms with van der Waals surface area (Å²) in [6.45, 7) is 0.531. The van der Waals surface area contributed by atoms with Gasteiger partial charge < -0.3 is 15.0 Å². The van der Waals surface area contributed by atoms with E-state index in [-0.39, 0.29) is 11.6 Å². The fourth-order valence-electron chi connectivity index (χ4n) is 4.60. The lowest BCUT2D eigenvalue weighted by molar-refractivity contribution is -0.133. The minimum absolute atomic E-state index is 0.169. The van der Waals surface area contributed by atoms with Crippen molar-refractivity contribution in [2.75, 3.05) is 19.7 Å². The van der Waals surface area contributed by atoms with Crippen molar-refractivity contribution >= 4 is 45.7 Å². The number of rotatable bonds is 2. The van der Waals surface area contributed by atoms with Crippen molar-refractivity contribution < 1.29 is 9.90 Å². The fraction of sp³-hybridized carbons (Fsp3) is 0.273. The smallest absolute Gasteiger partial charge is 0.326 e. The van der Waals surface area contributed by atoms with Crippen molar-refractivity contribution in [1.29, 1.82) is 0 Å². The van der Waals surface area contributed by atoms with Crippen molar-refractivity contribution in [3.63, 3.8) is 0 Å². The molecule has 0 spiro atoms. The predicted molar refractivity (Wildman–Crippen MR) is 118 cm³/mol. The van der Waals surface area contributed by atoms with Crippen LogP contribution in [0.3, 0.4) is 0 Å². The molecule has 0 saturated heterocycles. The lowest BCUT2D eigenvalue weighted by Crippen LogP contribution is -2.37. The van der Waals surface area contributed by atoms with Crippen molar-refractivity contribution in [2.45, 2.75) is 12.8 Å². The number of benzene rings is 2. The molecule has 0 fully saturated rings. The number of hydrogen-bond donors (Lipinski definition) is 2. The first-order chi connectivity index (χ1) is 14.4. The molecule has 5 rings (SSSR count). The van der Waals surface area contributed by atoms with E-state index in [2.05, 4.69) is 4.98 Å². The molecule has 0 bridgehead atoms. The van der Waals surface area contributed by atoms with Gasteiger partial charge >= 0.3 is 5.69 Å². The van der Waals surface area contributed by atoms with Crippen LogP contribution in [0.5, 0.6) is 0 Å². The third kappa shape index (κ3) is 2.82. The highest BCUT2D eigenvalue weighted by Gasteiger charge is 2.33. The van der Waals surface area contributed by atoms with E-state index in [0.717, 1.165) is 45.3 Å². The van der Waals surface area contributed by atoms with Crippen molar-refractivity contribution in [3.8, 4) is 11.1 Å². The van der Waals surface area contributed by atoms with Gasteiger partial charge in [0.15, 0.2) is 0 Å². The molecule has 1 aliphatic heterocycles. The Bertz CT molecular complexity index is 1320. The Hall–Kier alpha value is -2.54. The number of halogens is 2. The highest BCUT2D eigenvalue weighted by atomic mass is 35.5. The molecule has 0 atom stereocenters. The van der Waals surface area contributed by atoms with Gasteiger partial charge in [-0.05, 0) is 58.9 Å². The van der Waals surface area contributed by atoms with Crippen LogP contribution in [0.2, 0.25) is 10.0 Å². The van der Waals surface area contributed by atoms with Crippen LogP contribution in [0, 0.1) is 0 Å². The second-order valence-corrected chi connectivity index (χ2v) is 8.56. The van der Waals surface area contributed by atoms with Crippen molar-refractivity contribution in [1.82, 2.24) is 14.5 Å². The molecule has 8 heteroatoms. The topological polar surface area (TPSA) is 78.3 Å². The van der Waals surface area contributed by atoms with Gasteiger partial charge in [-0.1, -0.05) is 34.8 Å². The SMILES string of the molecule is Cn1c(=O)[nH]c2cc(-c3cc(Cl)c(Cl)c4c3C3=C(CCN(C(=O)CO)C3)C4)ccc21. The summed E-state index contributed by atoms with van der Waals surface area (Å²) < 4.78 is 1.57. The number of H-pyrrole nitrogens is 1. The van der Waals surface area contributed by atoms with Gasteiger partial charge in [0, 0.05) is 20.1 Å². The van der Waals surface area contributed by atoms with Gasteiger partial charge in [0.05, 0.1) is 21.1 Å². The van der Waals surface area contributed by atoms with Crippen molar-refractivity contribution in [3.05, 3.63) is 61.5 Å². The average Bonchev–Trinajstić information content (AvgIpc) is 3.27. The number of amides is 1. The second kappa shape index (κ2) is 7.01.